The summed E-state index contributed by atoms with van der Waals surface area (Å²) in [7, 11) is 0. The first-order valence-electron chi connectivity index (χ1n) is 8.55. The molecule has 1 rings (SSSR count). The van der Waals surface area contributed by atoms with Gasteiger partial charge < -0.3 is 24.8 Å². The van der Waals surface area contributed by atoms with Gasteiger partial charge in [0.15, 0.2) is 0 Å². The Kier molecular flexibility index (Phi) is 9.92. The molecule has 0 saturated carbocycles. The number of carbonyl (C=O) groups excluding carboxylic acids is 1. The van der Waals surface area contributed by atoms with Gasteiger partial charge in [0, 0.05) is 0 Å². The molecule has 0 spiro atoms. The van der Waals surface area contributed by atoms with Gasteiger partial charge in [-0.2, -0.15) is 0 Å². The van der Waals surface area contributed by atoms with E-state index < -0.39 is 29.9 Å². The van der Waals surface area contributed by atoms with Crippen molar-refractivity contribution < 1.29 is 29.6 Å². The third-order valence-corrected chi connectivity index (χ3v) is 5.23. The first-order chi connectivity index (χ1) is 11.4. The van der Waals surface area contributed by atoms with E-state index in [1.165, 1.54) is 11.8 Å². The van der Waals surface area contributed by atoms with Gasteiger partial charge >= 0.3 is 5.97 Å². The number of carbonyl (C=O) groups is 1. The fourth-order valence-corrected chi connectivity index (χ4v) is 3.29. The van der Waals surface area contributed by atoms with Crippen LogP contribution in [0.5, 0.6) is 0 Å². The van der Waals surface area contributed by atoms with Crippen molar-refractivity contribution in [1.29, 1.82) is 0 Å². The van der Waals surface area contributed by atoms with Crippen LogP contribution < -0.4 is 0 Å². The summed E-state index contributed by atoms with van der Waals surface area (Å²) >= 11 is 1.38. The minimum Gasteiger partial charge on any atom is -0.463 e. The third kappa shape index (κ3) is 6.37. The lowest BCUT2D eigenvalue weighted by Crippen LogP contribution is -2.58. The van der Waals surface area contributed by atoms with Crippen molar-refractivity contribution in [2.45, 2.75) is 69.9 Å². The van der Waals surface area contributed by atoms with Crippen molar-refractivity contribution >= 4 is 17.7 Å². The molecule has 140 valence electrons. The normalized spacial score (nSPS) is 32.0. The van der Waals surface area contributed by atoms with Crippen LogP contribution in [-0.2, 0) is 14.3 Å². The van der Waals surface area contributed by atoms with Gasteiger partial charge in [-0.05, 0) is 25.0 Å². The summed E-state index contributed by atoms with van der Waals surface area (Å²) in [6.07, 6.45) is 1.95. The highest BCUT2D eigenvalue weighted by molar-refractivity contribution is 7.99. The maximum absolute atomic E-state index is 11.7. The van der Waals surface area contributed by atoms with Crippen LogP contribution in [0.4, 0.5) is 0 Å². The Bertz CT molecular complexity index is 403. The summed E-state index contributed by atoms with van der Waals surface area (Å²) in [5.41, 5.74) is -0.661. The average molecular weight is 362 g/mol. The minimum atomic E-state index is -1.32. The summed E-state index contributed by atoms with van der Waals surface area (Å²) in [4.78, 5) is 11.7. The van der Waals surface area contributed by atoms with Gasteiger partial charge in [0.2, 0.25) is 0 Å². The molecule has 0 aromatic rings. The number of aliphatic hydroxyl groups excluding tert-OH is 3. The lowest BCUT2D eigenvalue weighted by atomic mass is 10.0. The molecule has 1 aliphatic heterocycles. The molecule has 6 atom stereocenters. The fraction of sp³-hybridized carbons (Fsp3) is 0.824. The highest BCUT2D eigenvalue weighted by Crippen LogP contribution is 2.29. The predicted octanol–water partition coefficient (Wildman–Crippen LogP) is 1.47. The molecule has 7 heteroatoms. The molecule has 1 fully saturated rings. The second-order valence-electron chi connectivity index (χ2n) is 5.99. The number of rotatable bonds is 9. The van der Waals surface area contributed by atoms with Gasteiger partial charge in [0.1, 0.15) is 36.5 Å². The van der Waals surface area contributed by atoms with Crippen LogP contribution in [0.15, 0.2) is 12.2 Å². The van der Waals surface area contributed by atoms with Crippen molar-refractivity contribution in [2.75, 3.05) is 12.4 Å². The van der Waals surface area contributed by atoms with E-state index in [1.807, 2.05) is 6.92 Å². The van der Waals surface area contributed by atoms with Crippen molar-refractivity contribution in [3.63, 3.8) is 0 Å². The summed E-state index contributed by atoms with van der Waals surface area (Å²) in [6, 6.07) is 0. The second kappa shape index (κ2) is 11.1. The van der Waals surface area contributed by atoms with E-state index >= 15 is 0 Å². The van der Waals surface area contributed by atoms with Crippen LogP contribution in [-0.4, -0.2) is 63.5 Å². The predicted molar refractivity (Wildman–Crippen MR) is 93.6 cm³/mol. The fourth-order valence-electron chi connectivity index (χ4n) is 2.20. The zero-order valence-corrected chi connectivity index (χ0v) is 15.4. The van der Waals surface area contributed by atoms with Crippen LogP contribution >= 0.6 is 11.8 Å². The molecule has 0 amide bonds. The van der Waals surface area contributed by atoms with Crippen molar-refractivity contribution in [1.82, 2.24) is 0 Å². The van der Waals surface area contributed by atoms with Crippen molar-refractivity contribution in [3.05, 3.63) is 12.2 Å². The van der Waals surface area contributed by atoms with Crippen molar-refractivity contribution in [3.8, 4) is 0 Å². The molecule has 1 aliphatic rings. The first-order valence-corrected chi connectivity index (χ1v) is 9.60. The molecule has 0 aromatic heterocycles. The van der Waals surface area contributed by atoms with Gasteiger partial charge in [0.25, 0.3) is 0 Å². The molecule has 0 aromatic carbocycles. The van der Waals surface area contributed by atoms with Crippen LogP contribution in [0, 0.1) is 5.92 Å². The van der Waals surface area contributed by atoms with E-state index in [2.05, 4.69) is 19.1 Å². The summed E-state index contributed by atoms with van der Waals surface area (Å²) < 4.78 is 10.8. The molecule has 0 aliphatic carbocycles. The Hall–Kier alpha value is -0.600. The number of thioether (sulfide) groups is 1. The SMILES string of the molecule is CC/C=C\CCS[C@@H]1O[C@H](COC(=O)C(C)CC)[C@@H](O)[C@H](O)[C@H]1O. The van der Waals surface area contributed by atoms with Gasteiger partial charge in [-0.15, -0.1) is 11.8 Å². The minimum absolute atomic E-state index is 0.138. The average Bonchev–Trinajstić information content (AvgIpc) is 2.59. The number of hydrogen-bond donors (Lipinski definition) is 3. The number of aliphatic hydroxyl groups is 3. The Balaban J connectivity index is 2.53. The summed E-state index contributed by atoms with van der Waals surface area (Å²) in [5.74, 6) is 0.139. The monoisotopic (exact) mass is 362 g/mol. The Labute approximate surface area is 148 Å². The number of allylic oxidation sites excluding steroid dienone is 2. The number of ether oxygens (including phenoxy) is 2. The Morgan fingerprint density at radius 3 is 2.54 bits per heavy atom. The molecule has 3 N–H and O–H groups in total. The largest absolute Gasteiger partial charge is 0.463 e. The standard InChI is InChI=1S/C17H30O6S/c1-4-6-7-8-9-24-17-15(20)14(19)13(18)12(23-17)10-22-16(21)11(3)5-2/h6-7,11-15,17-20H,4-5,8-10H2,1-3H3/b7-6-/t11?,12-,13-,14+,15-,17+/m1/s1. The zero-order chi connectivity index (χ0) is 18.1. The topological polar surface area (TPSA) is 96.2 Å². The molecule has 6 nitrogen and oxygen atoms in total. The Morgan fingerprint density at radius 1 is 1.21 bits per heavy atom. The molecular formula is C17H30O6S. The molecular weight excluding hydrogens is 332 g/mol. The highest BCUT2D eigenvalue weighted by atomic mass is 32.2. The summed E-state index contributed by atoms with van der Waals surface area (Å²) in [5, 5.41) is 30.1. The zero-order valence-electron chi connectivity index (χ0n) is 14.6. The van der Waals surface area contributed by atoms with Gasteiger partial charge in [-0.3, -0.25) is 4.79 Å². The molecule has 24 heavy (non-hydrogen) atoms. The number of hydrogen-bond acceptors (Lipinski definition) is 7. The van der Waals surface area contributed by atoms with Crippen LogP contribution in [0.1, 0.15) is 40.0 Å². The number of esters is 1. The third-order valence-electron chi connectivity index (χ3n) is 4.04. The van der Waals surface area contributed by atoms with Crippen molar-refractivity contribution in [2.24, 2.45) is 5.92 Å². The van der Waals surface area contributed by atoms with Gasteiger partial charge in [0.05, 0.1) is 5.92 Å². The Morgan fingerprint density at radius 2 is 1.92 bits per heavy atom. The highest BCUT2D eigenvalue weighted by Gasteiger charge is 2.44. The van der Waals surface area contributed by atoms with E-state index in [4.69, 9.17) is 9.47 Å². The van der Waals surface area contributed by atoms with E-state index in [9.17, 15) is 20.1 Å². The molecule has 1 unspecified atom stereocenters. The van der Waals surface area contributed by atoms with Gasteiger partial charge in [-0.25, -0.2) is 0 Å². The lowest BCUT2D eigenvalue weighted by Gasteiger charge is -2.40. The first kappa shape index (κ1) is 21.4. The van der Waals surface area contributed by atoms with Crippen LogP contribution in [0.2, 0.25) is 0 Å². The molecule has 1 heterocycles. The van der Waals surface area contributed by atoms with E-state index in [0.29, 0.717) is 6.42 Å². The lowest BCUT2D eigenvalue weighted by molar-refractivity contribution is -0.211. The maximum Gasteiger partial charge on any atom is 0.308 e. The quantitative estimate of drug-likeness (QED) is 0.325. The summed E-state index contributed by atoms with van der Waals surface area (Å²) in [6.45, 7) is 5.57. The van der Waals surface area contributed by atoms with E-state index in [1.54, 1.807) is 6.92 Å². The van der Waals surface area contributed by atoms with Crippen LogP contribution in [0.25, 0.3) is 0 Å². The van der Waals surface area contributed by atoms with E-state index in [0.717, 1.165) is 18.6 Å². The molecule has 0 radical (unpaired) electrons. The smallest absolute Gasteiger partial charge is 0.308 e. The van der Waals surface area contributed by atoms with Crippen LogP contribution in [0.3, 0.4) is 0 Å². The second-order valence-corrected chi connectivity index (χ2v) is 7.20. The molecule has 0 bridgehead atoms. The van der Waals surface area contributed by atoms with E-state index in [-0.39, 0.29) is 18.5 Å². The maximum atomic E-state index is 11.7. The molecule has 1 saturated heterocycles. The van der Waals surface area contributed by atoms with Gasteiger partial charge in [-0.1, -0.05) is 32.9 Å².